The van der Waals surface area contributed by atoms with Gasteiger partial charge in [0.25, 0.3) is 0 Å². The van der Waals surface area contributed by atoms with Gasteiger partial charge in [-0.3, -0.25) is 0 Å². The van der Waals surface area contributed by atoms with E-state index < -0.39 is 0 Å². The highest BCUT2D eigenvalue weighted by Crippen LogP contribution is 2.57. The molecule has 0 amide bonds. The molecule has 0 heteroatoms. The quantitative estimate of drug-likeness (QED) is 0.123. The van der Waals surface area contributed by atoms with Crippen LogP contribution >= 0.6 is 0 Å². The minimum absolute atomic E-state index is 1.22. The summed E-state index contributed by atoms with van der Waals surface area (Å²) >= 11 is 0. The maximum Gasteiger partial charge on any atom is -0.000695 e. The Morgan fingerprint density at radius 3 is 1.25 bits per heavy atom. The molecule has 15 rings (SSSR count). The summed E-state index contributed by atoms with van der Waals surface area (Å²) in [4.78, 5) is 0. The smallest absolute Gasteiger partial charge is 0.000695 e. The minimum Gasteiger partial charge on any atom is -0.0622 e. The van der Waals surface area contributed by atoms with Crippen molar-refractivity contribution in [2.24, 2.45) is 0 Å². The Kier molecular flexibility index (Phi) is 6.77. The number of hydrogen-bond donors (Lipinski definition) is 0. The Morgan fingerprint density at radius 2 is 0.594 bits per heavy atom. The molecule has 0 heterocycles. The molecule has 0 unspecified atom stereocenters. The molecular formula is C64H36. The Hall–Kier alpha value is -8.32. The van der Waals surface area contributed by atoms with Crippen molar-refractivity contribution in [3.63, 3.8) is 0 Å². The SMILES string of the molecule is c1ccc(-c2ccccc2-c2c3cccc4c3c(c3cccc5cc6c7cccc8cccc(c87)c6c4c53)c3c4ccc(-c5ccccc5)c5c(-c6ccccc6)ccc(c23)c54)cc1. The van der Waals surface area contributed by atoms with Crippen molar-refractivity contribution in [3.8, 4) is 44.5 Å². The molecule has 0 aromatic heterocycles. The van der Waals surface area contributed by atoms with Crippen LogP contribution in [0.1, 0.15) is 0 Å². The number of fused-ring (bicyclic) bond motifs is 10. The van der Waals surface area contributed by atoms with Crippen molar-refractivity contribution in [2.45, 2.75) is 0 Å². The zero-order valence-corrected chi connectivity index (χ0v) is 34.8. The molecule has 15 aromatic rings. The lowest BCUT2D eigenvalue weighted by atomic mass is 9.81. The third-order valence-electron chi connectivity index (χ3n) is 14.7. The van der Waals surface area contributed by atoms with E-state index >= 15 is 0 Å². The first-order chi connectivity index (χ1) is 31.8. The van der Waals surface area contributed by atoms with Crippen LogP contribution in [0.5, 0.6) is 0 Å². The monoisotopic (exact) mass is 804 g/mol. The van der Waals surface area contributed by atoms with Gasteiger partial charge in [0, 0.05) is 0 Å². The maximum absolute atomic E-state index is 2.48. The van der Waals surface area contributed by atoms with Gasteiger partial charge in [-0.15, -0.1) is 0 Å². The predicted octanol–water partition coefficient (Wildman–Crippen LogP) is 18.2. The first-order valence-corrected chi connectivity index (χ1v) is 22.4. The van der Waals surface area contributed by atoms with Crippen molar-refractivity contribution in [1.82, 2.24) is 0 Å². The van der Waals surface area contributed by atoms with E-state index in [1.807, 2.05) is 0 Å². The van der Waals surface area contributed by atoms with Crippen LogP contribution in [-0.2, 0) is 0 Å². The van der Waals surface area contributed by atoms with Crippen LogP contribution in [-0.4, -0.2) is 0 Å². The lowest BCUT2D eigenvalue weighted by Crippen LogP contribution is -1.93. The van der Waals surface area contributed by atoms with Gasteiger partial charge in [-0.25, -0.2) is 0 Å². The van der Waals surface area contributed by atoms with Gasteiger partial charge in [-0.2, -0.15) is 0 Å². The van der Waals surface area contributed by atoms with Crippen molar-refractivity contribution < 1.29 is 0 Å². The summed E-state index contributed by atoms with van der Waals surface area (Å²) in [6.45, 7) is 0. The van der Waals surface area contributed by atoms with Crippen LogP contribution < -0.4 is 0 Å². The molecular weight excluding hydrogens is 769 g/mol. The van der Waals surface area contributed by atoms with E-state index in [2.05, 4.69) is 218 Å². The lowest BCUT2D eigenvalue weighted by Gasteiger charge is -2.21. The van der Waals surface area contributed by atoms with Gasteiger partial charge in [0.05, 0.1) is 0 Å². The predicted molar refractivity (Wildman–Crippen MR) is 277 cm³/mol. The average Bonchev–Trinajstić information content (AvgIpc) is 3.87. The largest absolute Gasteiger partial charge is 0.0622 e. The van der Waals surface area contributed by atoms with E-state index in [9.17, 15) is 0 Å². The van der Waals surface area contributed by atoms with Crippen molar-refractivity contribution in [1.29, 1.82) is 0 Å². The highest BCUT2D eigenvalue weighted by Gasteiger charge is 2.28. The molecule has 0 bridgehead atoms. The molecule has 292 valence electrons. The van der Waals surface area contributed by atoms with Crippen LogP contribution in [0.25, 0.3) is 152 Å². The Labute approximate surface area is 368 Å². The molecule has 0 spiro atoms. The van der Waals surface area contributed by atoms with Crippen LogP contribution in [0.4, 0.5) is 0 Å². The number of hydrogen-bond acceptors (Lipinski definition) is 0. The summed E-state index contributed by atoms with van der Waals surface area (Å²) in [5.74, 6) is 0. The fourth-order valence-electron chi connectivity index (χ4n) is 12.2. The standard InChI is InChI=1S/C64H36/c1-4-16-37(17-5-1)42-25-10-11-26-45(42)57-49-30-15-31-50-59(49)62(48-29-14-24-41-36-53-46-27-12-22-40-23-13-28-47(54(40)46)60(53)61(50)55(41)48)64-52-35-33-44(39-20-8-3-9-21-39)56-43(38-18-6-2-7-19-38)32-34-51(58(52)56)63(57)64/h1-36H. The second kappa shape index (κ2) is 12.6. The molecule has 64 heavy (non-hydrogen) atoms. The van der Waals surface area contributed by atoms with Crippen molar-refractivity contribution in [3.05, 3.63) is 218 Å². The minimum atomic E-state index is 1.22. The summed E-state index contributed by atoms with van der Waals surface area (Å²) < 4.78 is 0. The van der Waals surface area contributed by atoms with E-state index in [-0.39, 0.29) is 0 Å². The highest BCUT2D eigenvalue weighted by molar-refractivity contribution is 6.52. The van der Waals surface area contributed by atoms with E-state index in [0.717, 1.165) is 0 Å². The van der Waals surface area contributed by atoms with Crippen LogP contribution in [0, 0.1) is 0 Å². The summed E-state index contributed by atoms with van der Waals surface area (Å²) in [5.41, 5.74) is 9.99. The van der Waals surface area contributed by atoms with Gasteiger partial charge >= 0.3 is 0 Å². The molecule has 0 fully saturated rings. The van der Waals surface area contributed by atoms with Gasteiger partial charge in [0.1, 0.15) is 0 Å². The molecule has 15 aromatic carbocycles. The summed E-state index contributed by atoms with van der Waals surface area (Å²) in [6, 6.07) is 82.1. The number of rotatable bonds is 4. The highest BCUT2D eigenvalue weighted by atomic mass is 14.3. The normalized spacial score (nSPS) is 12.4. The fourth-order valence-corrected chi connectivity index (χ4v) is 12.2. The Balaban J connectivity index is 1.25. The van der Waals surface area contributed by atoms with Gasteiger partial charge < -0.3 is 0 Å². The topological polar surface area (TPSA) is 0 Å². The number of benzene rings is 13. The molecule has 0 aliphatic heterocycles. The van der Waals surface area contributed by atoms with E-state index in [4.69, 9.17) is 0 Å². The van der Waals surface area contributed by atoms with Crippen LogP contribution in [0.2, 0.25) is 0 Å². The van der Waals surface area contributed by atoms with Crippen LogP contribution in [0.3, 0.4) is 0 Å². The Bertz CT molecular complexity index is 4320. The molecule has 0 aliphatic carbocycles. The molecule has 0 aliphatic rings. The van der Waals surface area contributed by atoms with Crippen molar-refractivity contribution >= 4 is 108 Å². The summed E-state index contributed by atoms with van der Waals surface area (Å²) in [7, 11) is 0. The molecule has 0 atom stereocenters. The fraction of sp³-hybridized carbons (Fsp3) is 0. The molecule has 0 radical (unpaired) electrons. The maximum atomic E-state index is 2.48. The first kappa shape index (κ1) is 34.3. The summed E-state index contributed by atoms with van der Waals surface area (Å²) in [5, 5.41) is 26.6. The zero-order chi connectivity index (χ0) is 41.6. The summed E-state index contributed by atoms with van der Waals surface area (Å²) in [6.07, 6.45) is 0. The van der Waals surface area contributed by atoms with Crippen LogP contribution in [0.15, 0.2) is 218 Å². The second-order valence-electron chi connectivity index (χ2n) is 17.7. The first-order valence-electron chi connectivity index (χ1n) is 22.4. The lowest BCUT2D eigenvalue weighted by molar-refractivity contribution is 1.61. The molecule has 0 saturated heterocycles. The zero-order valence-electron chi connectivity index (χ0n) is 34.8. The molecule has 0 N–H and O–H groups in total. The van der Waals surface area contributed by atoms with E-state index in [1.54, 1.807) is 0 Å². The van der Waals surface area contributed by atoms with Gasteiger partial charge in [0.2, 0.25) is 0 Å². The third kappa shape index (κ3) is 4.37. The average molecular weight is 805 g/mol. The molecule has 0 saturated carbocycles. The third-order valence-corrected chi connectivity index (χ3v) is 14.7. The molecule has 0 nitrogen and oxygen atoms in total. The van der Waals surface area contributed by atoms with Crippen molar-refractivity contribution in [2.75, 3.05) is 0 Å². The van der Waals surface area contributed by atoms with Gasteiger partial charge in [0.15, 0.2) is 0 Å². The Morgan fingerprint density at radius 1 is 0.172 bits per heavy atom. The van der Waals surface area contributed by atoms with Gasteiger partial charge in [-0.1, -0.05) is 212 Å². The van der Waals surface area contributed by atoms with E-state index in [1.165, 1.54) is 152 Å². The van der Waals surface area contributed by atoms with Gasteiger partial charge in [-0.05, 0) is 158 Å². The second-order valence-corrected chi connectivity index (χ2v) is 17.7. The van der Waals surface area contributed by atoms with E-state index in [0.29, 0.717) is 0 Å².